The quantitative estimate of drug-likeness (QED) is 0.777. The molecule has 2 atom stereocenters. The van der Waals surface area contributed by atoms with E-state index in [4.69, 9.17) is 0 Å². The first-order valence-corrected chi connectivity index (χ1v) is 7.36. The molecule has 0 radical (unpaired) electrons. The highest BCUT2D eigenvalue weighted by molar-refractivity contribution is 9.10. The third-order valence-corrected chi connectivity index (χ3v) is 3.73. The maximum Gasteiger partial charge on any atom is 0.0178 e. The van der Waals surface area contributed by atoms with Crippen molar-refractivity contribution in [2.75, 3.05) is 13.6 Å². The van der Waals surface area contributed by atoms with Crippen LogP contribution in [0.15, 0.2) is 28.7 Å². The minimum Gasteiger partial charge on any atom is -0.319 e. The maximum atomic E-state index is 3.56. The number of hydrogen-bond acceptors (Lipinski definition) is 1. The Bertz CT molecular complexity index is 324. The third kappa shape index (κ3) is 5.22. The summed E-state index contributed by atoms with van der Waals surface area (Å²) in [5.74, 6) is 1.43. The fourth-order valence-corrected chi connectivity index (χ4v) is 2.86. The van der Waals surface area contributed by atoms with Gasteiger partial charge < -0.3 is 5.32 Å². The van der Waals surface area contributed by atoms with E-state index in [1.165, 1.54) is 29.3 Å². The Morgan fingerprint density at radius 1 is 1.35 bits per heavy atom. The monoisotopic (exact) mass is 297 g/mol. The number of likely N-dealkylation sites (N-methyl/N-ethyl adjacent to an activating group) is 1. The molecule has 1 aromatic rings. The predicted octanol–water partition coefficient (Wildman–Crippen LogP) is 4.58. The van der Waals surface area contributed by atoms with Gasteiger partial charge in [0.15, 0.2) is 0 Å². The van der Waals surface area contributed by atoms with Crippen molar-refractivity contribution in [1.82, 2.24) is 5.32 Å². The first kappa shape index (κ1) is 14.7. The molecule has 0 aliphatic rings. The lowest BCUT2D eigenvalue weighted by atomic mass is 9.87. The van der Waals surface area contributed by atoms with Gasteiger partial charge in [-0.25, -0.2) is 0 Å². The van der Waals surface area contributed by atoms with Crippen molar-refractivity contribution in [3.63, 3.8) is 0 Å². The summed E-state index contributed by atoms with van der Waals surface area (Å²) in [6, 6.07) is 8.72. The summed E-state index contributed by atoms with van der Waals surface area (Å²) >= 11 is 3.56. The van der Waals surface area contributed by atoms with E-state index in [1.807, 2.05) is 7.05 Å². The van der Waals surface area contributed by atoms with Crippen LogP contribution in [0.3, 0.4) is 0 Å². The van der Waals surface area contributed by atoms with E-state index in [0.717, 1.165) is 12.5 Å². The Balaban J connectivity index is 2.71. The highest BCUT2D eigenvalue weighted by Crippen LogP contribution is 2.27. The summed E-state index contributed by atoms with van der Waals surface area (Å²) in [6.45, 7) is 5.69. The zero-order valence-electron chi connectivity index (χ0n) is 11.2. The summed E-state index contributed by atoms with van der Waals surface area (Å²) in [5.41, 5.74) is 1.44. The summed E-state index contributed by atoms with van der Waals surface area (Å²) in [4.78, 5) is 0. The van der Waals surface area contributed by atoms with Crippen LogP contribution in [0.1, 0.15) is 44.6 Å². The molecule has 17 heavy (non-hydrogen) atoms. The van der Waals surface area contributed by atoms with Gasteiger partial charge in [0.2, 0.25) is 0 Å². The lowest BCUT2D eigenvalue weighted by Gasteiger charge is -2.21. The van der Waals surface area contributed by atoms with Gasteiger partial charge in [0.25, 0.3) is 0 Å². The summed E-state index contributed by atoms with van der Waals surface area (Å²) in [5, 5.41) is 3.32. The molecule has 0 fully saturated rings. The second-order valence-corrected chi connectivity index (χ2v) is 5.85. The fourth-order valence-electron chi connectivity index (χ4n) is 2.44. The Hall–Kier alpha value is -0.340. The van der Waals surface area contributed by atoms with E-state index >= 15 is 0 Å². The number of benzene rings is 1. The van der Waals surface area contributed by atoms with E-state index in [-0.39, 0.29) is 0 Å². The first-order valence-electron chi connectivity index (χ1n) is 6.57. The predicted molar refractivity (Wildman–Crippen MR) is 79.5 cm³/mol. The molecule has 0 aromatic heterocycles. The van der Waals surface area contributed by atoms with Crippen molar-refractivity contribution in [2.24, 2.45) is 5.92 Å². The Morgan fingerprint density at radius 3 is 2.71 bits per heavy atom. The van der Waals surface area contributed by atoms with Gasteiger partial charge in [-0.15, -0.1) is 0 Å². The highest BCUT2D eigenvalue weighted by atomic mass is 79.9. The van der Waals surface area contributed by atoms with Gasteiger partial charge in [-0.2, -0.15) is 0 Å². The van der Waals surface area contributed by atoms with Crippen molar-refractivity contribution >= 4 is 15.9 Å². The minimum absolute atomic E-state index is 0.624. The Labute approximate surface area is 114 Å². The van der Waals surface area contributed by atoms with Crippen molar-refractivity contribution in [1.29, 1.82) is 0 Å². The first-order chi connectivity index (χ1) is 8.17. The molecule has 1 nitrogen and oxygen atoms in total. The van der Waals surface area contributed by atoms with Crippen LogP contribution >= 0.6 is 15.9 Å². The van der Waals surface area contributed by atoms with E-state index in [2.05, 4.69) is 59.4 Å². The Kier molecular flexibility index (Phi) is 6.83. The van der Waals surface area contributed by atoms with E-state index in [9.17, 15) is 0 Å². The van der Waals surface area contributed by atoms with Crippen molar-refractivity contribution < 1.29 is 0 Å². The molecule has 0 spiro atoms. The second-order valence-electron chi connectivity index (χ2n) is 4.94. The second kappa shape index (κ2) is 7.88. The lowest BCUT2D eigenvalue weighted by molar-refractivity contribution is 0.426. The van der Waals surface area contributed by atoms with E-state index in [1.54, 1.807) is 0 Å². The van der Waals surface area contributed by atoms with Gasteiger partial charge in [0.05, 0.1) is 0 Å². The van der Waals surface area contributed by atoms with Crippen molar-refractivity contribution in [3.05, 3.63) is 34.3 Å². The average molecular weight is 298 g/mol. The molecule has 96 valence electrons. The van der Waals surface area contributed by atoms with Gasteiger partial charge in [0, 0.05) is 11.0 Å². The van der Waals surface area contributed by atoms with Gasteiger partial charge in [-0.05, 0) is 43.0 Å². The van der Waals surface area contributed by atoms with Crippen LogP contribution in [0.5, 0.6) is 0 Å². The van der Waals surface area contributed by atoms with Crippen LogP contribution in [0.2, 0.25) is 0 Å². The number of hydrogen-bond donors (Lipinski definition) is 1. The molecule has 0 bridgehead atoms. The average Bonchev–Trinajstić information content (AvgIpc) is 2.29. The fraction of sp³-hybridized carbons (Fsp3) is 0.600. The van der Waals surface area contributed by atoms with Crippen molar-refractivity contribution in [2.45, 2.75) is 39.0 Å². The molecule has 0 saturated heterocycles. The molecule has 0 aliphatic carbocycles. The molecule has 2 heteroatoms. The molecule has 1 rings (SSSR count). The molecule has 2 unspecified atom stereocenters. The van der Waals surface area contributed by atoms with Crippen LogP contribution in [0.4, 0.5) is 0 Å². The highest BCUT2D eigenvalue weighted by Gasteiger charge is 2.14. The molecule has 0 heterocycles. The van der Waals surface area contributed by atoms with E-state index in [0.29, 0.717) is 5.92 Å². The van der Waals surface area contributed by atoms with Gasteiger partial charge in [-0.1, -0.05) is 54.8 Å². The normalized spacial score (nSPS) is 14.6. The molecular formula is C15H24BrN. The molecule has 1 N–H and O–H groups in total. The van der Waals surface area contributed by atoms with E-state index < -0.39 is 0 Å². The zero-order valence-corrected chi connectivity index (χ0v) is 12.8. The van der Waals surface area contributed by atoms with Crippen LogP contribution < -0.4 is 5.32 Å². The summed E-state index contributed by atoms with van der Waals surface area (Å²) in [7, 11) is 2.04. The van der Waals surface area contributed by atoms with Crippen molar-refractivity contribution in [3.8, 4) is 0 Å². The number of halogens is 1. The SMILES string of the molecule is CCCC(C)CC(CNC)c1cccc(Br)c1. The van der Waals surface area contributed by atoms with Crippen LogP contribution in [0, 0.1) is 5.92 Å². The lowest BCUT2D eigenvalue weighted by Crippen LogP contribution is -2.19. The van der Waals surface area contributed by atoms with Gasteiger partial charge >= 0.3 is 0 Å². The summed E-state index contributed by atoms with van der Waals surface area (Å²) in [6.07, 6.45) is 3.88. The molecule has 1 aromatic carbocycles. The van der Waals surface area contributed by atoms with Gasteiger partial charge in [-0.3, -0.25) is 0 Å². The van der Waals surface area contributed by atoms with Crippen LogP contribution in [0.25, 0.3) is 0 Å². The topological polar surface area (TPSA) is 12.0 Å². The smallest absolute Gasteiger partial charge is 0.0178 e. The van der Waals surface area contributed by atoms with Gasteiger partial charge in [0.1, 0.15) is 0 Å². The molecular weight excluding hydrogens is 274 g/mol. The van der Waals surface area contributed by atoms with Crippen LogP contribution in [-0.2, 0) is 0 Å². The molecule has 0 aliphatic heterocycles. The molecule has 0 amide bonds. The summed E-state index contributed by atoms with van der Waals surface area (Å²) < 4.78 is 1.18. The maximum absolute atomic E-state index is 3.56. The standard InChI is InChI=1S/C15H24BrN/c1-4-6-12(2)9-14(11-17-3)13-7-5-8-15(16)10-13/h5,7-8,10,12,14,17H,4,6,9,11H2,1-3H3. The Morgan fingerprint density at radius 2 is 2.12 bits per heavy atom. The number of nitrogens with one attached hydrogen (secondary N) is 1. The van der Waals surface area contributed by atoms with Crippen LogP contribution in [-0.4, -0.2) is 13.6 Å². The third-order valence-electron chi connectivity index (χ3n) is 3.24. The minimum atomic E-state index is 0.624. The zero-order chi connectivity index (χ0) is 12.7. The molecule has 0 saturated carbocycles. The number of rotatable bonds is 7. The largest absolute Gasteiger partial charge is 0.319 e.